The van der Waals surface area contributed by atoms with E-state index in [1.54, 1.807) is 7.11 Å². The van der Waals surface area contributed by atoms with E-state index in [0.29, 0.717) is 0 Å². The average molecular weight is 332 g/mol. The third-order valence-corrected chi connectivity index (χ3v) is 2.84. The van der Waals surface area contributed by atoms with E-state index in [1.807, 2.05) is 12.1 Å². The van der Waals surface area contributed by atoms with Gasteiger partial charge in [-0.3, -0.25) is 6.08 Å². The molecule has 0 aromatic heterocycles. The van der Waals surface area contributed by atoms with Gasteiger partial charge in [-0.25, -0.2) is 11.6 Å². The monoisotopic (exact) mass is 331 g/mol. The maximum atomic E-state index is 5.13. The van der Waals surface area contributed by atoms with Gasteiger partial charge >= 0.3 is 21.7 Å². The van der Waals surface area contributed by atoms with Gasteiger partial charge in [0.15, 0.2) is 0 Å². The largest absolute Gasteiger partial charge is 3.00 e. The van der Waals surface area contributed by atoms with Crippen LogP contribution in [-0.4, -0.2) is 7.11 Å². The third-order valence-electron chi connectivity index (χ3n) is 2.84. The summed E-state index contributed by atoms with van der Waals surface area (Å²) in [6.07, 6.45) is 12.2. The van der Waals surface area contributed by atoms with E-state index in [-0.39, 0.29) is 46.5 Å². The summed E-state index contributed by atoms with van der Waals surface area (Å²) >= 11 is 0. The van der Waals surface area contributed by atoms with Crippen LogP contribution in [0.25, 0.3) is 0 Å². The number of rotatable bonds is 5. The van der Waals surface area contributed by atoms with E-state index >= 15 is 0 Å². The van der Waals surface area contributed by atoms with Crippen molar-refractivity contribution in [2.45, 2.75) is 25.7 Å². The van der Waals surface area contributed by atoms with Crippen LogP contribution in [0.5, 0.6) is 5.75 Å². The molecular formula is C15H17Cl2OTi. The van der Waals surface area contributed by atoms with Crippen LogP contribution in [0.2, 0.25) is 0 Å². The fourth-order valence-electron chi connectivity index (χ4n) is 1.90. The summed E-state index contributed by atoms with van der Waals surface area (Å²) in [5.41, 5.74) is 2.75. The molecule has 1 nitrogen and oxygen atoms in total. The summed E-state index contributed by atoms with van der Waals surface area (Å²) in [5.74, 6) is 0.929. The summed E-state index contributed by atoms with van der Waals surface area (Å²) in [5, 5.41) is 0. The van der Waals surface area contributed by atoms with Crippen molar-refractivity contribution in [2.24, 2.45) is 0 Å². The first-order valence-corrected chi connectivity index (χ1v) is 5.77. The maximum absolute atomic E-state index is 5.13. The van der Waals surface area contributed by atoms with E-state index in [4.69, 9.17) is 4.74 Å². The Hall–Kier alpha value is -0.206. The predicted octanol–water partition coefficient (Wildman–Crippen LogP) is -2.29. The molecule has 4 heteroatoms. The molecule has 19 heavy (non-hydrogen) atoms. The van der Waals surface area contributed by atoms with Crippen molar-refractivity contribution in [1.82, 2.24) is 0 Å². The number of halogens is 2. The van der Waals surface area contributed by atoms with E-state index in [2.05, 4.69) is 30.4 Å². The van der Waals surface area contributed by atoms with Crippen LogP contribution in [0.15, 0.2) is 42.0 Å². The molecule has 0 amide bonds. The zero-order chi connectivity index (χ0) is 11.2. The van der Waals surface area contributed by atoms with Crippen LogP contribution < -0.4 is 29.6 Å². The van der Waals surface area contributed by atoms with E-state index in [1.165, 1.54) is 17.6 Å². The Bertz CT molecular complexity index is 399. The Morgan fingerprint density at radius 2 is 1.79 bits per heavy atom. The van der Waals surface area contributed by atoms with Crippen molar-refractivity contribution in [3.05, 3.63) is 53.6 Å². The van der Waals surface area contributed by atoms with E-state index < -0.39 is 0 Å². The molecule has 1 aromatic rings. The van der Waals surface area contributed by atoms with Crippen LogP contribution in [0.3, 0.4) is 0 Å². The number of benzene rings is 1. The fraction of sp³-hybridized carbons (Fsp3) is 0.333. The molecule has 0 atom stereocenters. The molecule has 1 radical (unpaired) electrons. The SMILES string of the molecule is COc1ccc(CCCC2=[C-]CC=C2)cc1.[Cl-].[Cl-].[Ti+3]. The van der Waals surface area contributed by atoms with Crippen LogP contribution in [0.4, 0.5) is 0 Å². The van der Waals surface area contributed by atoms with Crippen LogP contribution in [-0.2, 0) is 28.1 Å². The minimum absolute atomic E-state index is 0. The van der Waals surface area contributed by atoms with Crippen LogP contribution >= 0.6 is 0 Å². The summed E-state index contributed by atoms with van der Waals surface area (Å²) in [6.45, 7) is 0. The Kier molecular flexibility index (Phi) is 12.9. The molecule has 0 unspecified atom stereocenters. The molecular weight excluding hydrogens is 315 g/mol. The average Bonchev–Trinajstić information content (AvgIpc) is 2.83. The normalized spacial score (nSPS) is 11.7. The van der Waals surface area contributed by atoms with E-state index in [9.17, 15) is 0 Å². The topological polar surface area (TPSA) is 9.23 Å². The first-order valence-electron chi connectivity index (χ1n) is 5.77. The van der Waals surface area contributed by atoms with Crippen molar-refractivity contribution < 1.29 is 51.3 Å². The van der Waals surface area contributed by atoms with Gasteiger partial charge in [0.05, 0.1) is 7.11 Å². The Morgan fingerprint density at radius 3 is 2.32 bits per heavy atom. The number of aryl methyl sites for hydroxylation is 1. The summed E-state index contributed by atoms with van der Waals surface area (Å²) in [7, 11) is 1.70. The van der Waals surface area contributed by atoms with Gasteiger partial charge in [-0.05, 0) is 30.5 Å². The summed E-state index contributed by atoms with van der Waals surface area (Å²) < 4.78 is 5.13. The smallest absolute Gasteiger partial charge is 1.00 e. The van der Waals surface area contributed by atoms with Gasteiger partial charge in [-0.1, -0.05) is 18.6 Å². The Labute approximate surface area is 143 Å². The van der Waals surface area contributed by atoms with Gasteiger partial charge in [0.25, 0.3) is 0 Å². The first kappa shape index (κ1) is 21.1. The fourth-order valence-corrected chi connectivity index (χ4v) is 1.90. The van der Waals surface area contributed by atoms with Gasteiger partial charge in [-0.15, -0.1) is 6.42 Å². The van der Waals surface area contributed by atoms with Crippen molar-refractivity contribution in [1.29, 1.82) is 0 Å². The molecule has 0 N–H and O–H groups in total. The van der Waals surface area contributed by atoms with Gasteiger partial charge < -0.3 is 29.6 Å². The molecule has 0 aliphatic heterocycles. The Balaban J connectivity index is 0. The molecule has 1 aliphatic carbocycles. The number of hydrogen-bond acceptors (Lipinski definition) is 1. The van der Waals surface area contributed by atoms with Crippen molar-refractivity contribution in [3.8, 4) is 5.75 Å². The van der Waals surface area contributed by atoms with Crippen molar-refractivity contribution >= 4 is 0 Å². The molecule has 1 aliphatic rings. The maximum Gasteiger partial charge on any atom is 3.00 e. The third kappa shape index (κ3) is 7.22. The molecule has 1 aromatic carbocycles. The number of methoxy groups -OCH3 is 1. The number of hydrogen-bond donors (Lipinski definition) is 0. The molecule has 0 saturated carbocycles. The quantitative estimate of drug-likeness (QED) is 0.436. The van der Waals surface area contributed by atoms with Crippen LogP contribution in [0, 0.1) is 6.08 Å². The van der Waals surface area contributed by atoms with E-state index in [0.717, 1.165) is 25.0 Å². The summed E-state index contributed by atoms with van der Waals surface area (Å²) in [4.78, 5) is 0. The molecule has 0 bridgehead atoms. The molecule has 0 fully saturated rings. The Morgan fingerprint density at radius 1 is 1.11 bits per heavy atom. The summed E-state index contributed by atoms with van der Waals surface area (Å²) in [6, 6.07) is 8.33. The molecule has 0 spiro atoms. The molecule has 0 heterocycles. The minimum atomic E-state index is 0. The van der Waals surface area contributed by atoms with Gasteiger partial charge in [0.2, 0.25) is 0 Å². The zero-order valence-corrected chi connectivity index (χ0v) is 14.0. The zero-order valence-electron chi connectivity index (χ0n) is 11.0. The molecule has 2 rings (SSSR count). The first-order chi connectivity index (χ1) is 7.88. The second-order valence-electron chi connectivity index (χ2n) is 4.01. The second-order valence-corrected chi connectivity index (χ2v) is 4.01. The standard InChI is InChI=1S/C15H17O.2ClH.Ti/c1-16-15-11-9-14(10-12-15)8-4-7-13-5-2-3-6-13;;;/h2,5,9-12H,3-4,7-8H2,1H3;2*1H;/q-1;;;+3/p-2. The minimum Gasteiger partial charge on any atom is -1.00 e. The molecule has 0 saturated heterocycles. The number of allylic oxidation sites excluding steroid dienone is 4. The molecule has 101 valence electrons. The van der Waals surface area contributed by atoms with Gasteiger partial charge in [0, 0.05) is 0 Å². The van der Waals surface area contributed by atoms with Crippen molar-refractivity contribution in [2.75, 3.05) is 7.11 Å². The van der Waals surface area contributed by atoms with Crippen molar-refractivity contribution in [3.63, 3.8) is 0 Å². The predicted molar refractivity (Wildman–Crippen MR) is 66.4 cm³/mol. The van der Waals surface area contributed by atoms with Gasteiger partial charge in [0.1, 0.15) is 5.75 Å². The van der Waals surface area contributed by atoms with Crippen LogP contribution in [0.1, 0.15) is 24.8 Å². The number of ether oxygens (including phenoxy) is 1. The van der Waals surface area contributed by atoms with Gasteiger partial charge in [-0.2, -0.15) is 6.08 Å². The second kappa shape index (κ2) is 11.6.